The second kappa shape index (κ2) is 5.50. The van der Waals surface area contributed by atoms with Crippen molar-refractivity contribution in [1.82, 2.24) is 9.55 Å². The molecule has 0 unspecified atom stereocenters. The Balaban J connectivity index is 2.27. The maximum absolute atomic E-state index is 14.0. The van der Waals surface area contributed by atoms with E-state index in [2.05, 4.69) is 4.98 Å². The van der Waals surface area contributed by atoms with Crippen LogP contribution in [-0.4, -0.2) is 9.55 Å². The van der Waals surface area contributed by atoms with Gasteiger partial charge in [-0.15, -0.1) is 0 Å². The molecule has 2 aromatic carbocycles. The SMILES string of the molecule is Cc1ncc(-c2c(F)ccc(F)c2F)n1-c1ccc(Cl)cc1. The molecule has 0 saturated carbocycles. The minimum Gasteiger partial charge on any atom is -0.296 e. The highest BCUT2D eigenvalue weighted by Gasteiger charge is 2.21. The molecular formula is C16H10ClF3N2. The Bertz CT molecular complexity index is 841. The van der Waals surface area contributed by atoms with E-state index in [0.29, 0.717) is 16.5 Å². The van der Waals surface area contributed by atoms with Gasteiger partial charge in [0.05, 0.1) is 17.5 Å². The molecule has 0 radical (unpaired) electrons. The van der Waals surface area contributed by atoms with Gasteiger partial charge >= 0.3 is 0 Å². The van der Waals surface area contributed by atoms with Crippen LogP contribution >= 0.6 is 11.6 Å². The highest BCUT2D eigenvalue weighted by atomic mass is 35.5. The average molecular weight is 323 g/mol. The van der Waals surface area contributed by atoms with Crippen LogP contribution in [-0.2, 0) is 0 Å². The Labute approximate surface area is 129 Å². The fraction of sp³-hybridized carbons (Fsp3) is 0.0625. The molecule has 6 heteroatoms. The predicted molar refractivity (Wildman–Crippen MR) is 78.6 cm³/mol. The summed E-state index contributed by atoms with van der Waals surface area (Å²) in [6, 6.07) is 8.33. The van der Waals surface area contributed by atoms with Gasteiger partial charge in [-0.1, -0.05) is 11.6 Å². The Morgan fingerprint density at radius 2 is 1.59 bits per heavy atom. The first-order chi connectivity index (χ1) is 10.5. The quantitative estimate of drug-likeness (QED) is 0.612. The second-order valence-electron chi connectivity index (χ2n) is 4.72. The van der Waals surface area contributed by atoms with Crippen LogP contribution in [0.5, 0.6) is 0 Å². The Hall–Kier alpha value is -2.27. The fourth-order valence-electron chi connectivity index (χ4n) is 2.30. The van der Waals surface area contributed by atoms with Crippen molar-refractivity contribution in [2.45, 2.75) is 6.92 Å². The zero-order valence-electron chi connectivity index (χ0n) is 11.4. The summed E-state index contributed by atoms with van der Waals surface area (Å²) in [5, 5.41) is 0.534. The molecule has 0 spiro atoms. The summed E-state index contributed by atoms with van der Waals surface area (Å²) in [4.78, 5) is 4.08. The van der Waals surface area contributed by atoms with Crippen molar-refractivity contribution in [2.75, 3.05) is 0 Å². The first-order valence-electron chi connectivity index (χ1n) is 6.43. The van der Waals surface area contributed by atoms with Crippen molar-refractivity contribution in [3.63, 3.8) is 0 Å². The van der Waals surface area contributed by atoms with E-state index in [0.717, 1.165) is 12.1 Å². The summed E-state index contributed by atoms with van der Waals surface area (Å²) in [6.07, 6.45) is 1.31. The average Bonchev–Trinajstić information content (AvgIpc) is 2.86. The molecule has 3 aromatic rings. The van der Waals surface area contributed by atoms with Gasteiger partial charge in [0, 0.05) is 10.7 Å². The number of halogens is 4. The van der Waals surface area contributed by atoms with E-state index in [4.69, 9.17) is 11.6 Å². The van der Waals surface area contributed by atoms with Gasteiger partial charge < -0.3 is 0 Å². The third-order valence-electron chi connectivity index (χ3n) is 3.32. The third-order valence-corrected chi connectivity index (χ3v) is 3.58. The van der Waals surface area contributed by atoms with Crippen molar-refractivity contribution >= 4 is 11.6 Å². The lowest BCUT2D eigenvalue weighted by molar-refractivity contribution is 0.498. The largest absolute Gasteiger partial charge is 0.296 e. The lowest BCUT2D eigenvalue weighted by Crippen LogP contribution is -2.03. The van der Waals surface area contributed by atoms with Gasteiger partial charge in [0.15, 0.2) is 11.6 Å². The molecule has 0 fully saturated rings. The molecule has 1 aromatic heterocycles. The Morgan fingerprint density at radius 3 is 2.27 bits per heavy atom. The number of hydrogen-bond donors (Lipinski definition) is 0. The van der Waals surface area contributed by atoms with Crippen LogP contribution in [0.25, 0.3) is 16.9 Å². The topological polar surface area (TPSA) is 17.8 Å². The lowest BCUT2D eigenvalue weighted by Gasteiger charge is -2.12. The molecule has 0 bridgehead atoms. The molecule has 22 heavy (non-hydrogen) atoms. The van der Waals surface area contributed by atoms with Crippen LogP contribution in [0.3, 0.4) is 0 Å². The van der Waals surface area contributed by atoms with E-state index in [1.165, 1.54) is 10.8 Å². The van der Waals surface area contributed by atoms with Crippen molar-refractivity contribution in [2.24, 2.45) is 0 Å². The van der Waals surface area contributed by atoms with Crippen LogP contribution in [0.15, 0.2) is 42.6 Å². The van der Waals surface area contributed by atoms with Gasteiger partial charge in [-0.3, -0.25) is 4.57 Å². The van der Waals surface area contributed by atoms with Crippen LogP contribution in [0.2, 0.25) is 5.02 Å². The summed E-state index contributed by atoms with van der Waals surface area (Å²) in [5.41, 5.74) is 0.308. The zero-order chi connectivity index (χ0) is 15.9. The van der Waals surface area contributed by atoms with E-state index >= 15 is 0 Å². The number of hydrogen-bond acceptors (Lipinski definition) is 1. The standard InChI is InChI=1S/C16H10ClF3N2/c1-9-21-8-14(15-12(18)6-7-13(19)16(15)20)22(9)11-4-2-10(17)3-5-11/h2-8H,1H3. The van der Waals surface area contributed by atoms with Crippen LogP contribution < -0.4 is 0 Å². The molecule has 0 aliphatic heterocycles. The number of imidazole rings is 1. The van der Waals surface area contributed by atoms with Crippen LogP contribution in [0.4, 0.5) is 13.2 Å². The van der Waals surface area contributed by atoms with E-state index < -0.39 is 23.0 Å². The molecular weight excluding hydrogens is 313 g/mol. The fourth-order valence-corrected chi connectivity index (χ4v) is 2.42. The van der Waals surface area contributed by atoms with E-state index in [-0.39, 0.29) is 5.69 Å². The highest BCUT2D eigenvalue weighted by molar-refractivity contribution is 6.30. The molecule has 0 aliphatic carbocycles. The van der Waals surface area contributed by atoms with Crippen LogP contribution in [0, 0.1) is 24.4 Å². The monoisotopic (exact) mass is 322 g/mol. The van der Waals surface area contributed by atoms with Gasteiger partial charge in [0.2, 0.25) is 0 Å². The number of aryl methyl sites for hydroxylation is 1. The van der Waals surface area contributed by atoms with E-state index in [1.807, 2.05) is 0 Å². The normalized spacial score (nSPS) is 11.0. The van der Waals surface area contributed by atoms with Gasteiger partial charge in [0.1, 0.15) is 11.6 Å². The summed E-state index contributed by atoms with van der Waals surface area (Å²) in [6.45, 7) is 1.69. The Kier molecular flexibility index (Phi) is 3.66. The van der Waals surface area contributed by atoms with Crippen molar-refractivity contribution < 1.29 is 13.2 Å². The zero-order valence-corrected chi connectivity index (χ0v) is 12.2. The minimum absolute atomic E-state index is 0.134. The van der Waals surface area contributed by atoms with Gasteiger partial charge in [-0.25, -0.2) is 18.2 Å². The van der Waals surface area contributed by atoms with Crippen molar-refractivity contribution in [3.8, 4) is 16.9 Å². The highest BCUT2D eigenvalue weighted by Crippen LogP contribution is 2.30. The number of nitrogens with zero attached hydrogens (tertiary/aromatic N) is 2. The summed E-state index contributed by atoms with van der Waals surface area (Å²) >= 11 is 5.85. The summed E-state index contributed by atoms with van der Waals surface area (Å²) in [7, 11) is 0. The molecule has 1 heterocycles. The Morgan fingerprint density at radius 1 is 0.955 bits per heavy atom. The molecule has 0 N–H and O–H groups in total. The van der Waals surface area contributed by atoms with Crippen LogP contribution in [0.1, 0.15) is 5.82 Å². The first kappa shape index (κ1) is 14.7. The lowest BCUT2D eigenvalue weighted by atomic mass is 10.1. The summed E-state index contributed by atoms with van der Waals surface area (Å²) < 4.78 is 43.0. The van der Waals surface area contributed by atoms with Crippen molar-refractivity contribution in [3.05, 3.63) is 70.9 Å². The predicted octanol–water partition coefficient (Wildman–Crippen LogP) is 4.92. The smallest absolute Gasteiger partial charge is 0.171 e. The van der Waals surface area contributed by atoms with Crippen molar-refractivity contribution in [1.29, 1.82) is 0 Å². The second-order valence-corrected chi connectivity index (χ2v) is 5.16. The van der Waals surface area contributed by atoms with E-state index in [1.54, 1.807) is 31.2 Å². The number of rotatable bonds is 2. The van der Waals surface area contributed by atoms with Gasteiger partial charge in [-0.05, 0) is 43.3 Å². The molecule has 0 aliphatic rings. The van der Waals surface area contributed by atoms with Gasteiger partial charge in [0.25, 0.3) is 0 Å². The number of aromatic nitrogens is 2. The first-order valence-corrected chi connectivity index (χ1v) is 6.81. The van der Waals surface area contributed by atoms with Gasteiger partial charge in [-0.2, -0.15) is 0 Å². The third kappa shape index (κ3) is 2.37. The molecule has 2 nitrogen and oxygen atoms in total. The number of benzene rings is 2. The molecule has 0 atom stereocenters. The molecule has 0 amide bonds. The maximum atomic E-state index is 14.0. The molecule has 3 rings (SSSR count). The van der Waals surface area contributed by atoms with E-state index in [9.17, 15) is 13.2 Å². The molecule has 0 saturated heterocycles. The maximum Gasteiger partial charge on any atom is 0.171 e. The minimum atomic E-state index is -1.24. The summed E-state index contributed by atoms with van der Waals surface area (Å²) in [5.74, 6) is -2.69. The molecule has 112 valence electrons.